The summed E-state index contributed by atoms with van der Waals surface area (Å²) in [5, 5.41) is 16.2. The van der Waals surface area contributed by atoms with Gasteiger partial charge in [0.05, 0.1) is 29.6 Å². The topological polar surface area (TPSA) is 80.0 Å². The highest BCUT2D eigenvalue weighted by Crippen LogP contribution is 2.13. The lowest BCUT2D eigenvalue weighted by atomic mass is 10.1. The summed E-state index contributed by atoms with van der Waals surface area (Å²) in [6.45, 7) is 5.18. The van der Waals surface area contributed by atoms with Crippen LogP contribution < -0.4 is 5.32 Å². The lowest BCUT2D eigenvalue weighted by Crippen LogP contribution is -2.46. The smallest absolute Gasteiger partial charge is 0.255 e. The van der Waals surface area contributed by atoms with Gasteiger partial charge in [0.1, 0.15) is 0 Å². The van der Waals surface area contributed by atoms with E-state index in [1.54, 1.807) is 24.7 Å². The SMILES string of the molecule is Cc1c(C(=O)NC(C)(C)CO)cnn1-c1ccccn1. The third-order valence-corrected chi connectivity index (χ3v) is 2.97. The number of aromatic nitrogens is 3. The number of hydrogen-bond acceptors (Lipinski definition) is 4. The summed E-state index contributed by atoms with van der Waals surface area (Å²) < 4.78 is 1.61. The van der Waals surface area contributed by atoms with Gasteiger partial charge in [-0.25, -0.2) is 9.67 Å². The van der Waals surface area contributed by atoms with Crippen LogP contribution in [0.2, 0.25) is 0 Å². The van der Waals surface area contributed by atoms with Crippen molar-refractivity contribution in [2.45, 2.75) is 26.3 Å². The number of nitrogens with zero attached hydrogens (tertiary/aromatic N) is 3. The summed E-state index contributed by atoms with van der Waals surface area (Å²) in [6, 6.07) is 5.50. The number of aliphatic hydroxyl groups is 1. The first kappa shape index (κ1) is 14.2. The van der Waals surface area contributed by atoms with E-state index in [-0.39, 0.29) is 12.5 Å². The second-order valence-corrected chi connectivity index (χ2v) is 5.24. The van der Waals surface area contributed by atoms with Gasteiger partial charge in [-0.3, -0.25) is 4.79 Å². The molecule has 0 aliphatic carbocycles. The predicted molar refractivity (Wildman–Crippen MR) is 74.7 cm³/mol. The van der Waals surface area contributed by atoms with E-state index in [0.717, 1.165) is 0 Å². The molecule has 0 aliphatic heterocycles. The van der Waals surface area contributed by atoms with Crippen LogP contribution in [0.4, 0.5) is 0 Å². The normalized spacial score (nSPS) is 11.4. The molecule has 0 spiro atoms. The molecule has 20 heavy (non-hydrogen) atoms. The maximum absolute atomic E-state index is 12.2. The van der Waals surface area contributed by atoms with Crippen molar-refractivity contribution < 1.29 is 9.90 Å². The molecule has 106 valence electrons. The zero-order valence-corrected chi connectivity index (χ0v) is 11.8. The molecule has 0 fully saturated rings. The first-order chi connectivity index (χ1) is 9.44. The largest absolute Gasteiger partial charge is 0.394 e. The third-order valence-electron chi connectivity index (χ3n) is 2.97. The highest BCUT2D eigenvalue weighted by Gasteiger charge is 2.23. The Labute approximate surface area is 117 Å². The Morgan fingerprint density at radius 2 is 2.20 bits per heavy atom. The lowest BCUT2D eigenvalue weighted by Gasteiger charge is -2.23. The number of pyridine rings is 1. The Morgan fingerprint density at radius 3 is 2.80 bits per heavy atom. The van der Waals surface area contributed by atoms with E-state index < -0.39 is 5.54 Å². The van der Waals surface area contributed by atoms with Gasteiger partial charge in [-0.05, 0) is 32.9 Å². The molecule has 6 heteroatoms. The molecular weight excluding hydrogens is 256 g/mol. The van der Waals surface area contributed by atoms with E-state index in [1.807, 2.05) is 25.1 Å². The summed E-state index contributed by atoms with van der Waals surface area (Å²) in [6.07, 6.45) is 3.18. The van der Waals surface area contributed by atoms with Gasteiger partial charge >= 0.3 is 0 Å². The van der Waals surface area contributed by atoms with Crippen LogP contribution in [-0.2, 0) is 0 Å². The number of nitrogens with one attached hydrogen (secondary N) is 1. The van der Waals surface area contributed by atoms with Crippen molar-refractivity contribution in [3.63, 3.8) is 0 Å². The van der Waals surface area contributed by atoms with E-state index in [2.05, 4.69) is 15.4 Å². The molecule has 2 heterocycles. The van der Waals surface area contributed by atoms with Gasteiger partial charge in [0.2, 0.25) is 0 Å². The number of hydrogen-bond donors (Lipinski definition) is 2. The van der Waals surface area contributed by atoms with Crippen LogP contribution in [0.3, 0.4) is 0 Å². The molecule has 6 nitrogen and oxygen atoms in total. The van der Waals surface area contributed by atoms with Gasteiger partial charge in [0, 0.05) is 6.20 Å². The molecule has 0 aliphatic rings. The van der Waals surface area contributed by atoms with E-state index in [9.17, 15) is 9.90 Å². The second-order valence-electron chi connectivity index (χ2n) is 5.24. The Bertz CT molecular complexity index is 605. The number of carbonyl (C=O) groups is 1. The summed E-state index contributed by atoms with van der Waals surface area (Å²) in [5.74, 6) is 0.397. The third kappa shape index (κ3) is 2.85. The molecule has 2 N–H and O–H groups in total. The molecule has 0 bridgehead atoms. The van der Waals surface area contributed by atoms with Gasteiger partial charge in [-0.1, -0.05) is 6.07 Å². The highest BCUT2D eigenvalue weighted by atomic mass is 16.3. The van der Waals surface area contributed by atoms with Gasteiger partial charge in [-0.2, -0.15) is 5.10 Å². The monoisotopic (exact) mass is 274 g/mol. The lowest BCUT2D eigenvalue weighted by molar-refractivity contribution is 0.0868. The Hall–Kier alpha value is -2.21. The molecule has 0 radical (unpaired) electrons. The fraction of sp³-hybridized carbons (Fsp3) is 0.357. The van der Waals surface area contributed by atoms with E-state index in [1.165, 1.54) is 6.20 Å². The summed E-state index contributed by atoms with van der Waals surface area (Å²) in [4.78, 5) is 16.4. The minimum absolute atomic E-state index is 0.133. The van der Waals surface area contributed by atoms with Crippen LogP contribution in [0.5, 0.6) is 0 Å². The first-order valence-electron chi connectivity index (χ1n) is 6.34. The average Bonchev–Trinajstić information content (AvgIpc) is 2.81. The molecule has 0 unspecified atom stereocenters. The molecule has 0 atom stereocenters. The number of carbonyl (C=O) groups excluding carboxylic acids is 1. The van der Waals surface area contributed by atoms with Crippen molar-refractivity contribution in [3.05, 3.63) is 41.9 Å². The van der Waals surface area contributed by atoms with Crippen molar-refractivity contribution in [2.75, 3.05) is 6.61 Å². The second kappa shape index (κ2) is 5.42. The fourth-order valence-electron chi connectivity index (χ4n) is 1.76. The van der Waals surface area contributed by atoms with Crippen LogP contribution in [0, 0.1) is 6.92 Å². The van der Waals surface area contributed by atoms with E-state index >= 15 is 0 Å². The Kier molecular flexibility index (Phi) is 3.85. The standard InChI is InChI=1S/C14H18N4O2/c1-10-11(13(20)17-14(2,3)9-19)8-16-18(10)12-6-4-5-7-15-12/h4-8,19H,9H2,1-3H3,(H,17,20). The minimum atomic E-state index is -0.670. The van der Waals surface area contributed by atoms with Gasteiger partial charge < -0.3 is 10.4 Å². The van der Waals surface area contributed by atoms with Gasteiger partial charge in [0.25, 0.3) is 5.91 Å². The summed E-state index contributed by atoms with van der Waals surface area (Å²) in [7, 11) is 0. The van der Waals surface area contributed by atoms with Crippen LogP contribution in [0.25, 0.3) is 5.82 Å². The van der Waals surface area contributed by atoms with Crippen molar-refractivity contribution in [3.8, 4) is 5.82 Å². The number of amides is 1. The number of aliphatic hydroxyl groups excluding tert-OH is 1. The molecule has 0 saturated carbocycles. The minimum Gasteiger partial charge on any atom is -0.394 e. The molecule has 0 saturated heterocycles. The predicted octanol–water partition coefficient (Wildman–Crippen LogP) is 1.08. The van der Waals surface area contributed by atoms with Crippen molar-refractivity contribution in [1.82, 2.24) is 20.1 Å². The van der Waals surface area contributed by atoms with Gasteiger partial charge in [0.15, 0.2) is 5.82 Å². The van der Waals surface area contributed by atoms with Crippen molar-refractivity contribution in [2.24, 2.45) is 0 Å². The zero-order chi connectivity index (χ0) is 14.8. The fourth-order valence-corrected chi connectivity index (χ4v) is 1.76. The van der Waals surface area contributed by atoms with Crippen molar-refractivity contribution >= 4 is 5.91 Å². The molecule has 0 aromatic carbocycles. The van der Waals surface area contributed by atoms with Crippen LogP contribution in [0.15, 0.2) is 30.6 Å². The molecular formula is C14H18N4O2. The van der Waals surface area contributed by atoms with Crippen LogP contribution >= 0.6 is 0 Å². The van der Waals surface area contributed by atoms with Crippen LogP contribution in [-0.4, -0.2) is 37.9 Å². The van der Waals surface area contributed by atoms with E-state index in [4.69, 9.17) is 0 Å². The zero-order valence-electron chi connectivity index (χ0n) is 11.8. The first-order valence-corrected chi connectivity index (χ1v) is 6.34. The Balaban J connectivity index is 2.28. The molecule has 2 rings (SSSR count). The average molecular weight is 274 g/mol. The Morgan fingerprint density at radius 1 is 1.45 bits per heavy atom. The molecule has 2 aromatic rings. The van der Waals surface area contributed by atoms with E-state index in [0.29, 0.717) is 17.1 Å². The quantitative estimate of drug-likeness (QED) is 0.874. The van der Waals surface area contributed by atoms with Crippen LogP contribution in [0.1, 0.15) is 29.9 Å². The van der Waals surface area contributed by atoms with Gasteiger partial charge in [-0.15, -0.1) is 0 Å². The molecule has 1 amide bonds. The number of rotatable bonds is 4. The maximum atomic E-state index is 12.2. The molecule has 2 aromatic heterocycles. The maximum Gasteiger partial charge on any atom is 0.255 e. The highest BCUT2D eigenvalue weighted by molar-refractivity contribution is 5.95. The summed E-state index contributed by atoms with van der Waals surface area (Å²) >= 11 is 0. The summed E-state index contributed by atoms with van der Waals surface area (Å²) in [5.41, 5.74) is 0.503. The van der Waals surface area contributed by atoms with Crippen molar-refractivity contribution in [1.29, 1.82) is 0 Å².